The number of furan rings is 1. The molecule has 1 aromatic heterocycles. The monoisotopic (exact) mass is 306 g/mol. The number of guanidine groups is 1. The highest BCUT2D eigenvalue weighted by molar-refractivity contribution is 6.16. The second-order valence-corrected chi connectivity index (χ2v) is 5.26. The van der Waals surface area contributed by atoms with Gasteiger partial charge in [0, 0.05) is 12.3 Å². The third-order valence-electron chi connectivity index (χ3n) is 3.66. The summed E-state index contributed by atoms with van der Waals surface area (Å²) in [6, 6.07) is 13.5. The van der Waals surface area contributed by atoms with Crippen LogP contribution >= 0.6 is 0 Å². The Bertz CT molecular complexity index is 835. The minimum absolute atomic E-state index is 0.249. The van der Waals surface area contributed by atoms with Crippen LogP contribution in [0.2, 0.25) is 0 Å². The zero-order valence-electron chi connectivity index (χ0n) is 12.2. The van der Waals surface area contributed by atoms with Gasteiger partial charge in [0.25, 0.3) is 5.91 Å². The predicted octanol–water partition coefficient (Wildman–Crippen LogP) is 2.09. The molecule has 3 heterocycles. The highest BCUT2D eigenvalue weighted by Crippen LogP contribution is 2.28. The van der Waals surface area contributed by atoms with E-state index in [2.05, 4.69) is 4.99 Å². The van der Waals surface area contributed by atoms with Gasteiger partial charge in [-0.15, -0.1) is 0 Å². The molecule has 1 amide bonds. The highest BCUT2D eigenvalue weighted by atomic mass is 16.3. The maximum Gasteiger partial charge on any atom is 0.285 e. The van der Waals surface area contributed by atoms with E-state index in [-0.39, 0.29) is 5.91 Å². The lowest BCUT2D eigenvalue weighted by molar-refractivity contribution is -0.121. The number of carbonyl (C=O) groups is 1. The van der Waals surface area contributed by atoms with Crippen molar-refractivity contribution in [2.24, 2.45) is 10.7 Å². The van der Waals surface area contributed by atoms with E-state index in [0.717, 1.165) is 5.56 Å². The van der Waals surface area contributed by atoms with E-state index in [1.165, 1.54) is 4.90 Å². The molecule has 2 aliphatic heterocycles. The molecule has 2 N–H and O–H groups in total. The number of benzene rings is 1. The van der Waals surface area contributed by atoms with Crippen molar-refractivity contribution in [3.05, 3.63) is 77.8 Å². The number of fused-ring (bicyclic) bond motifs is 1. The standard InChI is InChI=1S/C17H14N4O2/c18-15-11-20(10-12-5-2-1-3-6-12)17-19-14(16(22)21(15)17)9-13-7-4-8-23-13/h1-9,11H,10,18H2. The molecule has 0 fully saturated rings. The molecule has 0 saturated heterocycles. The van der Waals surface area contributed by atoms with Crippen LogP contribution in [-0.4, -0.2) is 21.7 Å². The van der Waals surface area contributed by atoms with Gasteiger partial charge in [0.15, 0.2) is 0 Å². The summed E-state index contributed by atoms with van der Waals surface area (Å²) < 4.78 is 5.24. The molecule has 6 nitrogen and oxygen atoms in total. The second-order valence-electron chi connectivity index (χ2n) is 5.26. The summed E-state index contributed by atoms with van der Waals surface area (Å²) in [5.74, 6) is 1.22. The Morgan fingerprint density at radius 2 is 2.00 bits per heavy atom. The SMILES string of the molecule is NC1=CN(Cc2ccccc2)C2=NC(=Cc3ccco3)C(=O)N12. The van der Waals surface area contributed by atoms with Gasteiger partial charge in [-0.25, -0.2) is 9.89 Å². The van der Waals surface area contributed by atoms with Gasteiger partial charge in [0.2, 0.25) is 5.96 Å². The molecule has 0 radical (unpaired) electrons. The van der Waals surface area contributed by atoms with Crippen LogP contribution in [0.15, 0.2) is 75.9 Å². The molecule has 114 valence electrons. The third-order valence-corrected chi connectivity index (χ3v) is 3.66. The summed E-state index contributed by atoms with van der Waals surface area (Å²) in [5.41, 5.74) is 7.40. The van der Waals surface area contributed by atoms with E-state index < -0.39 is 0 Å². The van der Waals surface area contributed by atoms with Crippen LogP contribution in [0.3, 0.4) is 0 Å². The van der Waals surface area contributed by atoms with Gasteiger partial charge >= 0.3 is 0 Å². The quantitative estimate of drug-likeness (QED) is 0.881. The number of carbonyl (C=O) groups excluding carboxylic acids is 1. The molecule has 0 aliphatic carbocycles. The van der Waals surface area contributed by atoms with Gasteiger partial charge in [-0.1, -0.05) is 30.3 Å². The first-order valence-corrected chi connectivity index (χ1v) is 7.18. The van der Waals surface area contributed by atoms with E-state index >= 15 is 0 Å². The fraction of sp³-hybridized carbons (Fsp3) is 0.0588. The molecule has 6 heteroatoms. The number of aliphatic imine (C=N–C) groups is 1. The van der Waals surface area contributed by atoms with Crippen molar-refractivity contribution in [3.8, 4) is 0 Å². The smallest absolute Gasteiger partial charge is 0.285 e. The Kier molecular flexibility index (Phi) is 3.01. The molecule has 23 heavy (non-hydrogen) atoms. The van der Waals surface area contributed by atoms with Crippen molar-refractivity contribution in [3.63, 3.8) is 0 Å². The molecule has 0 unspecified atom stereocenters. The second kappa shape index (κ2) is 5.17. The summed E-state index contributed by atoms with van der Waals surface area (Å²) in [4.78, 5) is 20.2. The lowest BCUT2D eigenvalue weighted by Gasteiger charge is -2.17. The van der Waals surface area contributed by atoms with Gasteiger partial charge in [-0.3, -0.25) is 4.79 Å². The molecule has 0 bridgehead atoms. The van der Waals surface area contributed by atoms with E-state index in [9.17, 15) is 4.79 Å². The number of hydrogen-bond donors (Lipinski definition) is 1. The van der Waals surface area contributed by atoms with Gasteiger partial charge in [-0.05, 0) is 17.7 Å². The molecule has 0 spiro atoms. The molecule has 2 aromatic rings. The molecular formula is C17H14N4O2. The zero-order valence-corrected chi connectivity index (χ0v) is 12.2. The fourth-order valence-electron chi connectivity index (χ4n) is 2.61. The lowest BCUT2D eigenvalue weighted by atomic mass is 10.2. The average Bonchev–Trinajstić information content (AvgIpc) is 3.23. The summed E-state index contributed by atoms with van der Waals surface area (Å²) in [5, 5.41) is 0. The topological polar surface area (TPSA) is 75.1 Å². The number of nitrogens with two attached hydrogens (primary N) is 1. The van der Waals surface area contributed by atoms with Gasteiger partial charge < -0.3 is 15.1 Å². The first-order valence-electron chi connectivity index (χ1n) is 7.18. The number of hydrogen-bond acceptors (Lipinski definition) is 5. The largest absolute Gasteiger partial charge is 0.465 e. The van der Waals surface area contributed by atoms with E-state index in [1.54, 1.807) is 30.7 Å². The molecule has 0 saturated carbocycles. The summed E-state index contributed by atoms with van der Waals surface area (Å²) >= 11 is 0. The van der Waals surface area contributed by atoms with Crippen LogP contribution in [0.1, 0.15) is 11.3 Å². The molecule has 2 aliphatic rings. The van der Waals surface area contributed by atoms with Crippen LogP contribution in [0.5, 0.6) is 0 Å². The van der Waals surface area contributed by atoms with Gasteiger partial charge in [-0.2, -0.15) is 0 Å². The van der Waals surface area contributed by atoms with Crippen molar-refractivity contribution in [1.29, 1.82) is 0 Å². The van der Waals surface area contributed by atoms with Crippen molar-refractivity contribution in [2.75, 3.05) is 0 Å². The molecular weight excluding hydrogens is 292 g/mol. The molecule has 0 atom stereocenters. The van der Waals surface area contributed by atoms with E-state index in [0.29, 0.717) is 29.8 Å². The van der Waals surface area contributed by atoms with Crippen molar-refractivity contribution < 1.29 is 9.21 Å². The Balaban J connectivity index is 1.65. The van der Waals surface area contributed by atoms with Crippen molar-refractivity contribution >= 4 is 17.9 Å². The average molecular weight is 306 g/mol. The zero-order chi connectivity index (χ0) is 15.8. The number of amides is 1. The van der Waals surface area contributed by atoms with Crippen LogP contribution in [0, 0.1) is 0 Å². The van der Waals surface area contributed by atoms with Crippen molar-refractivity contribution in [1.82, 2.24) is 9.80 Å². The van der Waals surface area contributed by atoms with Crippen LogP contribution in [0.25, 0.3) is 6.08 Å². The first-order chi connectivity index (χ1) is 11.2. The van der Waals surface area contributed by atoms with Crippen LogP contribution < -0.4 is 5.73 Å². The Morgan fingerprint density at radius 3 is 2.74 bits per heavy atom. The third kappa shape index (κ3) is 2.30. The highest BCUT2D eigenvalue weighted by Gasteiger charge is 2.39. The minimum atomic E-state index is -0.249. The van der Waals surface area contributed by atoms with E-state index in [4.69, 9.17) is 10.2 Å². The number of nitrogens with zero attached hydrogens (tertiary/aromatic N) is 3. The molecule has 4 rings (SSSR count). The fourth-order valence-corrected chi connectivity index (χ4v) is 2.61. The summed E-state index contributed by atoms with van der Waals surface area (Å²) in [7, 11) is 0. The summed E-state index contributed by atoms with van der Waals surface area (Å²) in [6.07, 6.45) is 4.89. The number of rotatable bonds is 3. The Morgan fingerprint density at radius 1 is 1.17 bits per heavy atom. The summed E-state index contributed by atoms with van der Waals surface area (Å²) in [6.45, 7) is 0.595. The Labute approximate surface area is 132 Å². The van der Waals surface area contributed by atoms with Gasteiger partial charge in [0.05, 0.1) is 12.8 Å². The Hall–Kier alpha value is -3.28. The first kappa shape index (κ1) is 13.4. The van der Waals surface area contributed by atoms with Gasteiger partial charge in [0.1, 0.15) is 17.3 Å². The lowest BCUT2D eigenvalue weighted by Crippen LogP contribution is -2.35. The normalized spacial score (nSPS) is 18.4. The van der Waals surface area contributed by atoms with E-state index in [1.807, 2.05) is 35.2 Å². The maximum absolute atomic E-state index is 12.5. The van der Waals surface area contributed by atoms with Crippen molar-refractivity contribution in [2.45, 2.75) is 6.54 Å². The van der Waals surface area contributed by atoms with Crippen LogP contribution in [-0.2, 0) is 11.3 Å². The molecule has 1 aromatic carbocycles. The predicted molar refractivity (Wildman–Crippen MR) is 85.2 cm³/mol. The maximum atomic E-state index is 12.5. The minimum Gasteiger partial charge on any atom is -0.465 e. The van der Waals surface area contributed by atoms with Crippen LogP contribution in [0.4, 0.5) is 0 Å².